The molecule has 0 aliphatic carbocycles. The third-order valence-corrected chi connectivity index (χ3v) is 4.07. The van der Waals surface area contributed by atoms with Crippen LogP contribution in [0.25, 0.3) is 0 Å². The van der Waals surface area contributed by atoms with E-state index in [-0.39, 0.29) is 17.8 Å². The lowest BCUT2D eigenvalue weighted by molar-refractivity contribution is -0.160. The molecule has 0 N–H and O–H groups in total. The Balaban J connectivity index is 2.32. The summed E-state index contributed by atoms with van der Waals surface area (Å²) in [5.41, 5.74) is 0.640. The molecule has 22 heavy (non-hydrogen) atoms. The summed E-state index contributed by atoms with van der Waals surface area (Å²) in [4.78, 5) is 23.7. The third-order valence-electron chi connectivity index (χ3n) is 2.71. The molecule has 0 heterocycles. The van der Waals surface area contributed by atoms with Crippen molar-refractivity contribution in [3.8, 4) is 0 Å². The summed E-state index contributed by atoms with van der Waals surface area (Å²) in [5.74, 6) is -0.387. The van der Waals surface area contributed by atoms with Gasteiger partial charge in [0.1, 0.15) is 18.5 Å². The predicted octanol–water partition coefficient (Wildman–Crippen LogP) is 3.40. The van der Waals surface area contributed by atoms with Crippen molar-refractivity contribution in [3.05, 3.63) is 29.8 Å². The molecule has 4 nitrogen and oxygen atoms in total. The second kappa shape index (κ2) is 8.96. The van der Waals surface area contributed by atoms with Crippen molar-refractivity contribution in [2.45, 2.75) is 49.9 Å². The van der Waals surface area contributed by atoms with Crippen LogP contribution in [0.5, 0.6) is 0 Å². The molecule has 1 rings (SSSR count). The molecule has 0 aliphatic rings. The van der Waals surface area contributed by atoms with E-state index in [1.165, 1.54) is 11.8 Å². The summed E-state index contributed by atoms with van der Waals surface area (Å²) >= 11 is 1.52. The number of carbonyl (C=O) groups excluding carboxylic acids is 2. The maximum absolute atomic E-state index is 11.5. The molecule has 0 saturated carbocycles. The fourth-order valence-corrected chi connectivity index (χ4v) is 2.74. The first-order valence-corrected chi connectivity index (χ1v) is 8.17. The van der Waals surface area contributed by atoms with Gasteiger partial charge in [0.2, 0.25) is 0 Å². The van der Waals surface area contributed by atoms with E-state index in [9.17, 15) is 9.59 Å². The van der Waals surface area contributed by atoms with Gasteiger partial charge in [-0.25, -0.2) is 4.79 Å². The summed E-state index contributed by atoms with van der Waals surface area (Å²) in [6.07, 6.45) is 1.49. The van der Waals surface area contributed by atoms with Crippen molar-refractivity contribution in [2.24, 2.45) is 0 Å². The quantitative estimate of drug-likeness (QED) is 0.317. The van der Waals surface area contributed by atoms with Crippen LogP contribution in [0.15, 0.2) is 29.2 Å². The monoisotopic (exact) mass is 324 g/mol. The average molecular weight is 324 g/mol. The van der Waals surface area contributed by atoms with Crippen LogP contribution in [-0.4, -0.2) is 36.3 Å². The number of aldehydes is 1. The van der Waals surface area contributed by atoms with Crippen molar-refractivity contribution < 1.29 is 19.1 Å². The summed E-state index contributed by atoms with van der Waals surface area (Å²) in [5, 5.41) is -0.181. The maximum Gasteiger partial charge on any atom is 0.332 e. The summed E-state index contributed by atoms with van der Waals surface area (Å²) in [6.45, 7) is 7.72. The molecule has 0 bridgehead atoms. The summed E-state index contributed by atoms with van der Waals surface area (Å²) < 4.78 is 10.4. The molecular formula is C17H24O4S. The van der Waals surface area contributed by atoms with Crippen LogP contribution >= 0.6 is 11.8 Å². The topological polar surface area (TPSA) is 52.6 Å². The van der Waals surface area contributed by atoms with Gasteiger partial charge in [0.25, 0.3) is 0 Å². The van der Waals surface area contributed by atoms with E-state index in [4.69, 9.17) is 9.47 Å². The number of carbonyl (C=O) groups is 2. The molecule has 1 atom stereocenters. The highest BCUT2D eigenvalue weighted by Crippen LogP contribution is 2.27. The third kappa shape index (κ3) is 7.61. The van der Waals surface area contributed by atoms with E-state index >= 15 is 0 Å². The van der Waals surface area contributed by atoms with Crippen LogP contribution in [0.4, 0.5) is 0 Å². The van der Waals surface area contributed by atoms with Gasteiger partial charge in [0.05, 0.1) is 5.25 Å². The Morgan fingerprint density at radius 2 is 2.00 bits per heavy atom. The molecule has 0 aliphatic heterocycles. The van der Waals surface area contributed by atoms with Crippen molar-refractivity contribution in [3.63, 3.8) is 0 Å². The van der Waals surface area contributed by atoms with Crippen LogP contribution in [0.1, 0.15) is 32.8 Å². The molecule has 5 heteroatoms. The van der Waals surface area contributed by atoms with Crippen LogP contribution in [-0.2, 0) is 19.1 Å². The lowest BCUT2D eigenvalue weighted by Gasteiger charge is -2.19. The van der Waals surface area contributed by atoms with Crippen LogP contribution < -0.4 is 0 Å². The zero-order valence-electron chi connectivity index (χ0n) is 13.6. The molecule has 0 spiro atoms. The van der Waals surface area contributed by atoms with Crippen molar-refractivity contribution >= 4 is 24.0 Å². The zero-order valence-corrected chi connectivity index (χ0v) is 14.4. The van der Waals surface area contributed by atoms with Crippen molar-refractivity contribution in [1.29, 1.82) is 0 Å². The van der Waals surface area contributed by atoms with Gasteiger partial charge in [-0.1, -0.05) is 18.2 Å². The second-order valence-electron chi connectivity index (χ2n) is 5.99. The SMILES string of the molecule is Cc1ccccc1SC(C=O)CCOCC(=O)OC(C)(C)C. The first kappa shape index (κ1) is 18.7. The lowest BCUT2D eigenvalue weighted by Crippen LogP contribution is -2.26. The Kier molecular flexibility index (Phi) is 7.62. The van der Waals surface area contributed by atoms with Crippen molar-refractivity contribution in [1.82, 2.24) is 0 Å². The van der Waals surface area contributed by atoms with Crippen LogP contribution in [0, 0.1) is 6.92 Å². The molecule has 0 fully saturated rings. The minimum atomic E-state index is -0.507. The van der Waals surface area contributed by atoms with E-state index in [2.05, 4.69) is 0 Å². The Hall–Kier alpha value is -1.33. The second-order valence-corrected chi connectivity index (χ2v) is 7.27. The fraction of sp³-hybridized carbons (Fsp3) is 0.529. The molecule has 0 aromatic heterocycles. The number of esters is 1. The molecule has 1 aromatic carbocycles. The highest BCUT2D eigenvalue weighted by atomic mass is 32.2. The Morgan fingerprint density at radius 3 is 2.59 bits per heavy atom. The molecule has 1 aromatic rings. The maximum atomic E-state index is 11.5. The zero-order chi connectivity index (χ0) is 16.6. The standard InChI is InChI=1S/C17H24O4S/c1-13-7-5-6-8-15(13)22-14(11-18)9-10-20-12-16(19)21-17(2,3)4/h5-8,11,14H,9-10,12H2,1-4H3. The summed E-state index contributed by atoms with van der Waals surface area (Å²) in [7, 11) is 0. The predicted molar refractivity (Wildman–Crippen MR) is 88.2 cm³/mol. The minimum absolute atomic E-state index is 0.0854. The van der Waals surface area contributed by atoms with Gasteiger partial charge in [0, 0.05) is 11.5 Å². The van der Waals surface area contributed by atoms with Gasteiger partial charge in [-0.15, -0.1) is 11.8 Å². The van der Waals surface area contributed by atoms with Gasteiger partial charge in [0.15, 0.2) is 0 Å². The highest BCUT2D eigenvalue weighted by molar-refractivity contribution is 8.00. The van der Waals surface area contributed by atoms with E-state index in [0.29, 0.717) is 13.0 Å². The normalized spacial score (nSPS) is 12.7. The number of aryl methyl sites for hydroxylation is 1. The van der Waals surface area contributed by atoms with Crippen molar-refractivity contribution in [2.75, 3.05) is 13.2 Å². The van der Waals surface area contributed by atoms with Gasteiger partial charge >= 0.3 is 5.97 Å². The Labute approximate surface area is 136 Å². The Morgan fingerprint density at radius 1 is 1.32 bits per heavy atom. The first-order chi connectivity index (χ1) is 10.3. The molecular weight excluding hydrogens is 300 g/mol. The average Bonchev–Trinajstić information content (AvgIpc) is 2.42. The van der Waals surface area contributed by atoms with Gasteiger partial charge in [-0.05, 0) is 45.7 Å². The van der Waals surface area contributed by atoms with Gasteiger partial charge in [-0.2, -0.15) is 0 Å². The number of rotatable bonds is 8. The largest absolute Gasteiger partial charge is 0.458 e. The molecule has 1 unspecified atom stereocenters. The minimum Gasteiger partial charge on any atom is -0.458 e. The number of thioether (sulfide) groups is 1. The molecule has 0 amide bonds. The highest BCUT2D eigenvalue weighted by Gasteiger charge is 2.16. The van der Waals surface area contributed by atoms with Gasteiger partial charge in [-0.3, -0.25) is 0 Å². The number of benzene rings is 1. The molecule has 0 saturated heterocycles. The molecule has 122 valence electrons. The first-order valence-electron chi connectivity index (χ1n) is 7.29. The Bertz CT molecular complexity index is 494. The number of hydrogen-bond acceptors (Lipinski definition) is 5. The number of hydrogen-bond donors (Lipinski definition) is 0. The smallest absolute Gasteiger partial charge is 0.332 e. The van der Waals surface area contributed by atoms with E-state index in [0.717, 1.165) is 16.7 Å². The number of ether oxygens (including phenoxy) is 2. The van der Waals surface area contributed by atoms with Crippen LogP contribution in [0.2, 0.25) is 0 Å². The van der Waals surface area contributed by atoms with E-state index < -0.39 is 5.60 Å². The molecule has 0 radical (unpaired) electrons. The lowest BCUT2D eigenvalue weighted by atomic mass is 10.2. The van der Waals surface area contributed by atoms with Gasteiger partial charge < -0.3 is 14.3 Å². The van der Waals surface area contributed by atoms with Crippen LogP contribution in [0.3, 0.4) is 0 Å². The van der Waals surface area contributed by atoms with E-state index in [1.54, 1.807) is 0 Å². The fourth-order valence-electron chi connectivity index (χ4n) is 1.73. The van der Waals surface area contributed by atoms with E-state index in [1.807, 2.05) is 52.0 Å². The summed E-state index contributed by atoms with van der Waals surface area (Å²) in [6, 6.07) is 7.94.